The van der Waals surface area contributed by atoms with Crippen molar-refractivity contribution in [3.05, 3.63) is 36.3 Å². The standard InChI is InChI=1S/C29H36N8O3/c1-34(2)26(38)23-12-18-15-31-27(33-25(18)37(23)19-6-4-5-7-19)32-24-11-10-22(16-30-24)36-17-29(40-28(36)39)13-20-8-9-21(14-29)35(20)3/h10-12,15-16,19-21H,4-9,13-14,17H2,1-3H3,(H,30,31,32,33)/t20-,21+,29-. The van der Waals surface area contributed by atoms with Gasteiger partial charge in [0.15, 0.2) is 0 Å². The van der Waals surface area contributed by atoms with Crippen LogP contribution in [-0.2, 0) is 4.74 Å². The summed E-state index contributed by atoms with van der Waals surface area (Å²) in [5.74, 6) is 0.952. The summed E-state index contributed by atoms with van der Waals surface area (Å²) in [6, 6.07) is 6.83. The van der Waals surface area contributed by atoms with Crippen LogP contribution in [-0.4, -0.2) is 86.7 Å². The fraction of sp³-hybridized carbons (Fsp3) is 0.552. The van der Waals surface area contributed by atoms with E-state index in [9.17, 15) is 9.59 Å². The molecule has 3 aliphatic heterocycles. The van der Waals surface area contributed by atoms with Gasteiger partial charge in [0.2, 0.25) is 5.95 Å². The van der Waals surface area contributed by atoms with E-state index in [4.69, 9.17) is 9.72 Å². The average Bonchev–Trinajstić information content (AvgIpc) is 3.70. The average molecular weight is 545 g/mol. The minimum absolute atomic E-state index is 0.0354. The number of anilines is 3. The van der Waals surface area contributed by atoms with Gasteiger partial charge in [0, 0.05) is 56.6 Å². The van der Waals surface area contributed by atoms with Gasteiger partial charge >= 0.3 is 6.09 Å². The molecule has 4 aliphatic rings. The van der Waals surface area contributed by atoms with E-state index >= 15 is 0 Å². The van der Waals surface area contributed by atoms with Crippen LogP contribution in [0.3, 0.4) is 0 Å². The van der Waals surface area contributed by atoms with Gasteiger partial charge in [0.05, 0.1) is 18.4 Å². The van der Waals surface area contributed by atoms with E-state index in [2.05, 4.69) is 31.8 Å². The van der Waals surface area contributed by atoms with Crippen molar-refractivity contribution in [1.29, 1.82) is 0 Å². The first-order valence-electron chi connectivity index (χ1n) is 14.4. The summed E-state index contributed by atoms with van der Waals surface area (Å²) >= 11 is 0. The zero-order valence-corrected chi connectivity index (χ0v) is 23.3. The Hall–Kier alpha value is -3.73. The maximum absolute atomic E-state index is 13.0. The highest BCUT2D eigenvalue weighted by atomic mass is 16.6. The first kappa shape index (κ1) is 25.3. The second-order valence-electron chi connectivity index (χ2n) is 12.1. The molecule has 1 saturated carbocycles. The Morgan fingerprint density at radius 3 is 2.48 bits per heavy atom. The largest absolute Gasteiger partial charge is 0.441 e. The van der Waals surface area contributed by atoms with Crippen LogP contribution in [0.5, 0.6) is 0 Å². The van der Waals surface area contributed by atoms with Crippen LogP contribution >= 0.6 is 0 Å². The van der Waals surface area contributed by atoms with Crippen molar-refractivity contribution in [2.24, 2.45) is 0 Å². The lowest BCUT2D eigenvalue weighted by Crippen LogP contribution is -2.51. The van der Waals surface area contributed by atoms with E-state index in [0.717, 1.165) is 55.2 Å². The van der Waals surface area contributed by atoms with Crippen LogP contribution in [0.25, 0.3) is 11.0 Å². The van der Waals surface area contributed by atoms with Gasteiger partial charge in [-0.15, -0.1) is 0 Å². The molecule has 1 aliphatic carbocycles. The molecule has 3 saturated heterocycles. The normalized spacial score (nSPS) is 26.7. The summed E-state index contributed by atoms with van der Waals surface area (Å²) in [6.45, 7) is 0.563. The summed E-state index contributed by atoms with van der Waals surface area (Å²) in [5, 5.41) is 4.05. The molecule has 1 spiro atoms. The topological polar surface area (TPSA) is 109 Å². The summed E-state index contributed by atoms with van der Waals surface area (Å²) in [5.41, 5.74) is 1.71. The van der Waals surface area contributed by atoms with E-state index in [-0.39, 0.29) is 18.0 Å². The van der Waals surface area contributed by atoms with Gasteiger partial charge in [-0.3, -0.25) is 9.69 Å². The predicted molar refractivity (Wildman–Crippen MR) is 151 cm³/mol. The van der Waals surface area contributed by atoms with Gasteiger partial charge in [0.25, 0.3) is 5.91 Å². The molecule has 210 valence electrons. The van der Waals surface area contributed by atoms with Crippen molar-refractivity contribution in [2.45, 2.75) is 75.1 Å². The van der Waals surface area contributed by atoms with Crippen molar-refractivity contribution >= 4 is 40.5 Å². The zero-order chi connectivity index (χ0) is 27.6. The van der Waals surface area contributed by atoms with Crippen LogP contribution in [0.15, 0.2) is 30.6 Å². The van der Waals surface area contributed by atoms with Crippen LogP contribution in [0.1, 0.15) is 67.9 Å². The molecule has 1 N–H and O–H groups in total. The molecule has 4 fully saturated rings. The first-order chi connectivity index (χ1) is 19.3. The Morgan fingerprint density at radius 1 is 1.05 bits per heavy atom. The van der Waals surface area contributed by atoms with Gasteiger partial charge < -0.3 is 24.4 Å². The third-order valence-corrected chi connectivity index (χ3v) is 9.36. The summed E-state index contributed by atoms with van der Waals surface area (Å²) in [4.78, 5) is 45.5. The number of aromatic nitrogens is 4. The maximum atomic E-state index is 13.0. The van der Waals surface area contributed by atoms with Gasteiger partial charge in [-0.1, -0.05) is 12.8 Å². The van der Waals surface area contributed by atoms with Crippen molar-refractivity contribution < 1.29 is 14.3 Å². The lowest BCUT2D eigenvalue weighted by molar-refractivity contribution is -0.0221. The molecule has 2 bridgehead atoms. The van der Waals surface area contributed by atoms with E-state index in [1.54, 1.807) is 36.3 Å². The first-order valence-corrected chi connectivity index (χ1v) is 14.4. The molecule has 0 unspecified atom stereocenters. The molecule has 6 heterocycles. The molecule has 2 amide bonds. The van der Waals surface area contributed by atoms with Gasteiger partial charge in [-0.2, -0.15) is 4.98 Å². The number of nitrogens with one attached hydrogen (secondary N) is 1. The summed E-state index contributed by atoms with van der Waals surface area (Å²) in [6.07, 6.45) is 11.6. The van der Waals surface area contributed by atoms with E-state index in [1.165, 1.54) is 12.8 Å². The monoisotopic (exact) mass is 544 g/mol. The number of amides is 2. The van der Waals surface area contributed by atoms with Crippen LogP contribution in [0.4, 0.5) is 22.2 Å². The number of hydrogen-bond acceptors (Lipinski definition) is 8. The number of rotatable bonds is 5. The van der Waals surface area contributed by atoms with E-state index in [0.29, 0.717) is 36.1 Å². The highest BCUT2D eigenvalue weighted by Gasteiger charge is 2.54. The smallest absolute Gasteiger partial charge is 0.415 e. The van der Waals surface area contributed by atoms with Gasteiger partial charge in [-0.05, 0) is 50.9 Å². The predicted octanol–water partition coefficient (Wildman–Crippen LogP) is 4.34. The van der Waals surface area contributed by atoms with E-state index in [1.807, 2.05) is 18.2 Å². The molecular weight excluding hydrogens is 508 g/mol. The van der Waals surface area contributed by atoms with E-state index < -0.39 is 5.60 Å². The van der Waals surface area contributed by atoms with Crippen molar-refractivity contribution in [3.8, 4) is 0 Å². The molecule has 7 rings (SSSR count). The fourth-order valence-electron chi connectivity index (χ4n) is 7.29. The van der Waals surface area contributed by atoms with Gasteiger partial charge in [-0.25, -0.2) is 14.8 Å². The molecule has 11 heteroatoms. The number of carbonyl (C=O) groups is 2. The molecule has 3 aromatic rings. The Bertz CT molecular complexity index is 1450. The van der Waals surface area contributed by atoms with Crippen molar-refractivity contribution in [1.82, 2.24) is 29.3 Å². The molecule has 11 nitrogen and oxygen atoms in total. The lowest BCUT2D eigenvalue weighted by Gasteiger charge is -2.41. The number of nitrogens with zero attached hydrogens (tertiary/aromatic N) is 7. The minimum Gasteiger partial charge on any atom is -0.441 e. The number of ether oxygens (including phenoxy) is 1. The number of pyridine rings is 1. The van der Waals surface area contributed by atoms with Crippen LogP contribution in [0.2, 0.25) is 0 Å². The molecular formula is C29H36N8O3. The molecule has 3 aromatic heterocycles. The molecule has 40 heavy (non-hydrogen) atoms. The number of carbonyl (C=O) groups excluding carboxylic acids is 2. The minimum atomic E-state index is -0.406. The third kappa shape index (κ3) is 4.18. The zero-order valence-electron chi connectivity index (χ0n) is 23.3. The molecule has 0 aromatic carbocycles. The highest BCUT2D eigenvalue weighted by Crippen LogP contribution is 2.45. The fourth-order valence-corrected chi connectivity index (χ4v) is 7.29. The molecule has 3 atom stereocenters. The SMILES string of the molecule is CN(C)C(=O)c1cc2cnc(Nc3ccc(N4C[C@]5(C[C@H]6CC[C@@H](C5)N6C)OC4=O)cn3)nc2n1C1CCCC1. The Morgan fingerprint density at radius 2 is 1.80 bits per heavy atom. The Balaban J connectivity index is 1.11. The Kier molecular flexibility index (Phi) is 5.95. The highest BCUT2D eigenvalue weighted by molar-refractivity contribution is 5.98. The maximum Gasteiger partial charge on any atom is 0.415 e. The Labute approximate surface area is 233 Å². The summed E-state index contributed by atoms with van der Waals surface area (Å²) in [7, 11) is 5.73. The third-order valence-electron chi connectivity index (χ3n) is 9.36. The van der Waals surface area contributed by atoms with Gasteiger partial charge in [0.1, 0.15) is 22.8 Å². The number of piperidine rings is 1. The number of fused-ring (bicyclic) bond motifs is 3. The van der Waals surface area contributed by atoms with Crippen LogP contribution < -0.4 is 10.2 Å². The van der Waals surface area contributed by atoms with Crippen LogP contribution in [0, 0.1) is 0 Å². The number of hydrogen-bond donors (Lipinski definition) is 1. The molecule has 0 radical (unpaired) electrons. The quantitative estimate of drug-likeness (QED) is 0.505. The summed E-state index contributed by atoms with van der Waals surface area (Å²) < 4.78 is 8.10. The second-order valence-corrected chi connectivity index (χ2v) is 12.1. The van der Waals surface area contributed by atoms with Crippen molar-refractivity contribution in [2.75, 3.05) is 37.9 Å². The van der Waals surface area contributed by atoms with Crippen molar-refractivity contribution in [3.63, 3.8) is 0 Å². The second kappa shape index (κ2) is 9.43. The lowest BCUT2D eigenvalue weighted by atomic mass is 9.86.